The van der Waals surface area contributed by atoms with E-state index >= 15 is 0 Å². The highest BCUT2D eigenvalue weighted by Crippen LogP contribution is 1.94. The van der Waals surface area contributed by atoms with Crippen LogP contribution in [0, 0.1) is 0 Å². The minimum Gasteiger partial charge on any atom is -0.392 e. The molecule has 1 aliphatic heterocycles. The summed E-state index contributed by atoms with van der Waals surface area (Å²) >= 11 is 0. The zero-order valence-electron chi connectivity index (χ0n) is 11.3. The normalized spacial score (nSPS) is 22.9. The van der Waals surface area contributed by atoms with E-state index in [1.54, 1.807) is 11.8 Å². The minimum absolute atomic E-state index is 0.329. The maximum Gasteiger partial charge on any atom is 0.209 e. The number of β-amino-alcohol motifs (C(OH)–C–C–N with tert-alkyl or cyclic N) is 1. The second-order valence-corrected chi connectivity index (χ2v) is 4.79. The lowest BCUT2D eigenvalue weighted by molar-refractivity contribution is -0.118. The number of nitrogens with one attached hydrogen (secondary N) is 2. The molecule has 6 heteroatoms. The van der Waals surface area contributed by atoms with Crippen LogP contribution in [-0.2, 0) is 4.79 Å². The SMILES string of the molecule is CC(O)CN1CCNCCNCCN(C=O)CC1. The van der Waals surface area contributed by atoms with Crippen molar-refractivity contribution in [3.8, 4) is 0 Å². The van der Waals surface area contributed by atoms with Gasteiger partial charge < -0.3 is 20.6 Å². The fraction of sp³-hybridized carbons (Fsp3) is 0.917. The fourth-order valence-corrected chi connectivity index (χ4v) is 2.04. The molecule has 0 radical (unpaired) electrons. The number of carbonyl (C=O) groups is 1. The number of amides is 1. The number of nitrogens with zero attached hydrogens (tertiary/aromatic N) is 2. The van der Waals surface area contributed by atoms with Crippen molar-refractivity contribution < 1.29 is 9.90 Å². The smallest absolute Gasteiger partial charge is 0.209 e. The number of carbonyl (C=O) groups excluding carboxylic acids is 1. The first-order valence-electron chi connectivity index (χ1n) is 6.73. The molecule has 6 nitrogen and oxygen atoms in total. The van der Waals surface area contributed by atoms with Gasteiger partial charge in [0.25, 0.3) is 0 Å². The number of aliphatic hydroxyl groups is 1. The van der Waals surface area contributed by atoms with E-state index in [1.165, 1.54) is 0 Å². The summed E-state index contributed by atoms with van der Waals surface area (Å²) in [5.41, 5.74) is 0. The molecule has 0 aliphatic carbocycles. The molecule has 0 bridgehead atoms. The molecular formula is C12H26N4O2. The first-order valence-corrected chi connectivity index (χ1v) is 6.73. The predicted octanol–water partition coefficient (Wildman–Crippen LogP) is -1.68. The Labute approximate surface area is 109 Å². The average molecular weight is 258 g/mol. The zero-order valence-corrected chi connectivity index (χ0v) is 11.3. The molecule has 3 N–H and O–H groups in total. The Morgan fingerprint density at radius 1 is 1.11 bits per heavy atom. The minimum atomic E-state index is -0.329. The molecule has 0 spiro atoms. The third-order valence-electron chi connectivity index (χ3n) is 3.03. The Morgan fingerprint density at radius 2 is 1.78 bits per heavy atom. The zero-order chi connectivity index (χ0) is 13.2. The highest BCUT2D eigenvalue weighted by molar-refractivity contribution is 5.46. The molecule has 1 amide bonds. The van der Waals surface area contributed by atoms with E-state index in [-0.39, 0.29) is 6.10 Å². The molecule has 106 valence electrons. The second kappa shape index (κ2) is 9.27. The van der Waals surface area contributed by atoms with Crippen LogP contribution in [0.1, 0.15) is 6.92 Å². The maximum absolute atomic E-state index is 10.9. The van der Waals surface area contributed by atoms with Gasteiger partial charge in [-0.1, -0.05) is 0 Å². The van der Waals surface area contributed by atoms with Crippen LogP contribution < -0.4 is 10.6 Å². The van der Waals surface area contributed by atoms with Crippen LogP contribution in [-0.4, -0.2) is 86.3 Å². The van der Waals surface area contributed by atoms with Crippen molar-refractivity contribution in [2.45, 2.75) is 13.0 Å². The lowest BCUT2D eigenvalue weighted by Gasteiger charge is -2.27. The van der Waals surface area contributed by atoms with Gasteiger partial charge in [-0.3, -0.25) is 9.69 Å². The molecule has 1 aliphatic rings. The molecule has 1 rings (SSSR count). The molecule has 1 atom stereocenters. The summed E-state index contributed by atoms with van der Waals surface area (Å²) in [4.78, 5) is 14.9. The van der Waals surface area contributed by atoms with Crippen LogP contribution in [0.25, 0.3) is 0 Å². The van der Waals surface area contributed by atoms with Gasteiger partial charge in [0, 0.05) is 58.9 Å². The monoisotopic (exact) mass is 258 g/mol. The van der Waals surface area contributed by atoms with E-state index in [0.29, 0.717) is 6.54 Å². The van der Waals surface area contributed by atoms with E-state index in [0.717, 1.165) is 58.8 Å². The quantitative estimate of drug-likeness (QED) is 0.528. The summed E-state index contributed by atoms with van der Waals surface area (Å²) in [6.07, 6.45) is 0.580. The predicted molar refractivity (Wildman–Crippen MR) is 71.5 cm³/mol. The molecule has 0 aromatic heterocycles. The molecule has 1 fully saturated rings. The van der Waals surface area contributed by atoms with Gasteiger partial charge in [-0.2, -0.15) is 0 Å². The van der Waals surface area contributed by atoms with E-state index in [2.05, 4.69) is 15.5 Å². The van der Waals surface area contributed by atoms with Crippen LogP contribution in [0.4, 0.5) is 0 Å². The number of hydrogen-bond acceptors (Lipinski definition) is 5. The first-order chi connectivity index (χ1) is 8.72. The summed E-state index contributed by atoms with van der Waals surface area (Å²) in [6, 6.07) is 0. The lowest BCUT2D eigenvalue weighted by atomic mass is 10.3. The molecule has 0 aromatic rings. The van der Waals surface area contributed by atoms with E-state index in [9.17, 15) is 9.90 Å². The largest absolute Gasteiger partial charge is 0.392 e. The Morgan fingerprint density at radius 3 is 2.39 bits per heavy atom. The van der Waals surface area contributed by atoms with Gasteiger partial charge in [-0.05, 0) is 6.92 Å². The second-order valence-electron chi connectivity index (χ2n) is 4.79. The van der Waals surface area contributed by atoms with Gasteiger partial charge >= 0.3 is 0 Å². The number of aliphatic hydroxyl groups excluding tert-OH is 1. The third-order valence-corrected chi connectivity index (χ3v) is 3.03. The summed E-state index contributed by atoms with van der Waals surface area (Å²) in [5.74, 6) is 0. The van der Waals surface area contributed by atoms with Gasteiger partial charge in [0.05, 0.1) is 6.10 Å². The van der Waals surface area contributed by atoms with Crippen LogP contribution in [0.15, 0.2) is 0 Å². The Bertz CT molecular complexity index is 226. The van der Waals surface area contributed by atoms with Gasteiger partial charge in [0.1, 0.15) is 0 Å². The van der Waals surface area contributed by atoms with Crippen molar-refractivity contribution in [3.05, 3.63) is 0 Å². The summed E-state index contributed by atoms with van der Waals surface area (Å²) in [7, 11) is 0. The molecular weight excluding hydrogens is 232 g/mol. The van der Waals surface area contributed by atoms with Crippen molar-refractivity contribution >= 4 is 6.41 Å². The maximum atomic E-state index is 10.9. The Balaban J connectivity index is 2.43. The van der Waals surface area contributed by atoms with Gasteiger partial charge in [0.2, 0.25) is 6.41 Å². The highest BCUT2D eigenvalue weighted by atomic mass is 16.3. The molecule has 18 heavy (non-hydrogen) atoms. The van der Waals surface area contributed by atoms with Crippen LogP contribution in [0.3, 0.4) is 0 Å². The van der Waals surface area contributed by atoms with Gasteiger partial charge in [-0.15, -0.1) is 0 Å². The number of hydrogen-bond donors (Lipinski definition) is 3. The van der Waals surface area contributed by atoms with Crippen molar-refractivity contribution in [2.75, 3.05) is 58.9 Å². The van der Waals surface area contributed by atoms with Crippen LogP contribution in [0.5, 0.6) is 0 Å². The molecule has 0 aromatic carbocycles. The van der Waals surface area contributed by atoms with Crippen molar-refractivity contribution in [3.63, 3.8) is 0 Å². The average Bonchev–Trinajstić information content (AvgIpc) is 2.32. The van der Waals surface area contributed by atoms with E-state index < -0.39 is 0 Å². The Hall–Kier alpha value is -0.690. The Kier molecular flexibility index (Phi) is 7.91. The fourth-order valence-electron chi connectivity index (χ4n) is 2.04. The summed E-state index contributed by atoms with van der Waals surface area (Å²) in [5, 5.41) is 16.1. The summed E-state index contributed by atoms with van der Waals surface area (Å²) < 4.78 is 0. The van der Waals surface area contributed by atoms with E-state index in [4.69, 9.17) is 0 Å². The van der Waals surface area contributed by atoms with Crippen LogP contribution in [0.2, 0.25) is 0 Å². The van der Waals surface area contributed by atoms with Crippen molar-refractivity contribution in [1.82, 2.24) is 20.4 Å². The van der Waals surface area contributed by atoms with Gasteiger partial charge in [0.15, 0.2) is 0 Å². The van der Waals surface area contributed by atoms with Crippen molar-refractivity contribution in [1.29, 1.82) is 0 Å². The molecule has 0 saturated carbocycles. The highest BCUT2D eigenvalue weighted by Gasteiger charge is 2.10. The lowest BCUT2D eigenvalue weighted by Crippen LogP contribution is -2.44. The standard InChI is InChI=1S/C12H26N4O2/c1-12(18)10-15-6-4-13-2-3-14-5-7-16(11-17)9-8-15/h11-14,18H,2-10H2,1H3. The van der Waals surface area contributed by atoms with Crippen LogP contribution >= 0.6 is 0 Å². The summed E-state index contributed by atoms with van der Waals surface area (Å²) in [6.45, 7) is 9.23. The third kappa shape index (κ3) is 6.90. The van der Waals surface area contributed by atoms with Gasteiger partial charge in [-0.25, -0.2) is 0 Å². The topological polar surface area (TPSA) is 67.8 Å². The molecule has 1 unspecified atom stereocenters. The van der Waals surface area contributed by atoms with E-state index in [1.807, 2.05) is 0 Å². The van der Waals surface area contributed by atoms with Crippen molar-refractivity contribution in [2.24, 2.45) is 0 Å². The first kappa shape index (κ1) is 15.4. The molecule has 1 heterocycles. The molecule has 1 saturated heterocycles. The number of rotatable bonds is 3.